The zero-order chi connectivity index (χ0) is 14.9. The molecule has 0 saturated carbocycles. The van der Waals surface area contributed by atoms with E-state index in [0.717, 1.165) is 6.42 Å². The first-order valence-electron chi connectivity index (χ1n) is 6.62. The fraction of sp³-hybridized carbons (Fsp3) is 0.214. The largest absolute Gasteiger partial charge is 0.351 e. The summed E-state index contributed by atoms with van der Waals surface area (Å²) < 4.78 is 28.9. The lowest BCUT2D eigenvalue weighted by molar-refractivity contribution is 0.0951. The highest BCUT2D eigenvalue weighted by Gasteiger charge is 2.22. The molecular formula is C14H15N3O3S. The first-order valence-corrected chi connectivity index (χ1v) is 8.11. The molecule has 0 radical (unpaired) electrons. The van der Waals surface area contributed by atoms with Crippen LogP contribution in [-0.4, -0.2) is 25.4 Å². The maximum absolute atomic E-state index is 12.4. The summed E-state index contributed by atoms with van der Waals surface area (Å²) in [7, 11) is -3.69. The van der Waals surface area contributed by atoms with E-state index in [2.05, 4.69) is 10.0 Å². The zero-order valence-corrected chi connectivity index (χ0v) is 12.1. The summed E-state index contributed by atoms with van der Waals surface area (Å²) in [4.78, 5) is 12.0. The normalized spacial score (nSPS) is 15.0. The van der Waals surface area contributed by atoms with Gasteiger partial charge in [0.15, 0.2) is 0 Å². The molecule has 2 heterocycles. The minimum Gasteiger partial charge on any atom is -0.351 e. The van der Waals surface area contributed by atoms with Crippen LogP contribution in [0.4, 0.5) is 5.69 Å². The van der Waals surface area contributed by atoms with E-state index >= 15 is 0 Å². The molecule has 3 rings (SSSR count). The van der Waals surface area contributed by atoms with Crippen LogP contribution in [0.2, 0.25) is 0 Å². The van der Waals surface area contributed by atoms with Gasteiger partial charge in [0.1, 0.15) is 10.6 Å². The van der Waals surface area contributed by atoms with E-state index in [-0.39, 0.29) is 10.8 Å². The molecule has 1 aromatic heterocycles. The number of rotatable bonds is 3. The molecule has 0 aliphatic carbocycles. The molecular weight excluding hydrogens is 290 g/mol. The number of nitrogens with one attached hydrogen (secondary N) is 2. The van der Waals surface area contributed by atoms with Crippen LogP contribution in [0.3, 0.4) is 0 Å². The highest BCUT2D eigenvalue weighted by Crippen LogP contribution is 2.20. The predicted octanol–water partition coefficient (Wildman–Crippen LogP) is 1.42. The van der Waals surface area contributed by atoms with E-state index < -0.39 is 10.0 Å². The van der Waals surface area contributed by atoms with Crippen molar-refractivity contribution >= 4 is 21.6 Å². The Hall–Kier alpha value is -2.28. The van der Waals surface area contributed by atoms with Crippen LogP contribution in [0, 0.1) is 0 Å². The second kappa shape index (κ2) is 5.25. The van der Waals surface area contributed by atoms with Crippen molar-refractivity contribution in [3.8, 4) is 0 Å². The third-order valence-electron chi connectivity index (χ3n) is 3.30. The molecule has 0 unspecified atom stereocenters. The molecule has 0 spiro atoms. The van der Waals surface area contributed by atoms with E-state index in [1.807, 2.05) is 6.07 Å². The lowest BCUT2D eigenvalue weighted by atomic mass is 10.3. The number of para-hydroxylation sites is 1. The number of aromatic nitrogens is 1. The molecule has 6 nitrogen and oxygen atoms in total. The molecule has 0 atom stereocenters. The molecule has 1 amide bonds. The molecule has 0 fully saturated rings. The van der Waals surface area contributed by atoms with Crippen molar-refractivity contribution in [2.75, 3.05) is 11.3 Å². The van der Waals surface area contributed by atoms with Gasteiger partial charge in [0, 0.05) is 25.0 Å². The number of hydrogen-bond acceptors (Lipinski definition) is 3. The Morgan fingerprint density at radius 2 is 1.95 bits per heavy atom. The fourth-order valence-electron chi connectivity index (χ4n) is 2.27. The summed E-state index contributed by atoms with van der Waals surface area (Å²) in [6.45, 7) is 1.22. The van der Waals surface area contributed by atoms with Gasteiger partial charge in [-0.2, -0.15) is 0 Å². The third kappa shape index (κ3) is 2.78. The first-order chi connectivity index (χ1) is 10.1. The second-order valence-corrected chi connectivity index (χ2v) is 6.52. The molecule has 2 N–H and O–H groups in total. The Labute approximate surface area is 122 Å². The van der Waals surface area contributed by atoms with Crippen molar-refractivity contribution < 1.29 is 13.2 Å². The van der Waals surface area contributed by atoms with Gasteiger partial charge in [-0.25, -0.2) is 8.42 Å². The number of nitrogens with zero attached hydrogens (tertiary/aromatic N) is 1. The van der Waals surface area contributed by atoms with E-state index in [0.29, 0.717) is 24.5 Å². The van der Waals surface area contributed by atoms with Crippen LogP contribution in [-0.2, 0) is 16.6 Å². The van der Waals surface area contributed by atoms with Gasteiger partial charge in [0.2, 0.25) is 0 Å². The van der Waals surface area contributed by atoms with Crippen LogP contribution in [0.15, 0.2) is 47.5 Å². The molecule has 2 aromatic rings. The highest BCUT2D eigenvalue weighted by atomic mass is 32.2. The summed E-state index contributed by atoms with van der Waals surface area (Å²) in [5.74, 6) is -0.242. The molecule has 21 heavy (non-hydrogen) atoms. The number of hydrogen-bond donors (Lipinski definition) is 2. The summed E-state index contributed by atoms with van der Waals surface area (Å²) >= 11 is 0. The summed E-state index contributed by atoms with van der Waals surface area (Å²) in [6.07, 6.45) is 2.28. The number of fused-ring (bicyclic) bond motifs is 1. The summed E-state index contributed by atoms with van der Waals surface area (Å²) in [5.41, 5.74) is 0.865. The zero-order valence-electron chi connectivity index (χ0n) is 11.2. The average molecular weight is 305 g/mol. The molecule has 1 aromatic carbocycles. The maximum Gasteiger partial charge on any atom is 0.267 e. The minimum atomic E-state index is -3.69. The second-order valence-electron chi connectivity index (χ2n) is 4.84. The first kappa shape index (κ1) is 13.7. The lowest BCUT2D eigenvalue weighted by Crippen LogP contribution is -2.22. The van der Waals surface area contributed by atoms with E-state index in [1.54, 1.807) is 28.8 Å². The minimum absolute atomic E-state index is 0.0957. The monoisotopic (exact) mass is 305 g/mol. The lowest BCUT2D eigenvalue weighted by Gasteiger charge is -2.06. The van der Waals surface area contributed by atoms with Gasteiger partial charge in [-0.05, 0) is 24.6 Å². The fourth-order valence-corrected chi connectivity index (χ4v) is 3.37. The van der Waals surface area contributed by atoms with Gasteiger partial charge < -0.3 is 9.88 Å². The van der Waals surface area contributed by atoms with Crippen molar-refractivity contribution in [2.45, 2.75) is 17.9 Å². The van der Waals surface area contributed by atoms with Crippen molar-refractivity contribution in [1.82, 2.24) is 9.88 Å². The Morgan fingerprint density at radius 1 is 1.19 bits per heavy atom. The Balaban J connectivity index is 1.93. The van der Waals surface area contributed by atoms with Gasteiger partial charge in [-0.15, -0.1) is 0 Å². The molecule has 0 saturated heterocycles. The molecule has 7 heteroatoms. The summed E-state index contributed by atoms with van der Waals surface area (Å²) in [5, 5.41) is 2.74. The Bertz CT molecular complexity index is 766. The number of aryl methyl sites for hydroxylation is 1. The molecule has 0 bridgehead atoms. The average Bonchev–Trinajstić information content (AvgIpc) is 2.82. The van der Waals surface area contributed by atoms with Crippen molar-refractivity contribution in [3.05, 3.63) is 48.3 Å². The van der Waals surface area contributed by atoms with Crippen LogP contribution >= 0.6 is 0 Å². The number of carbonyl (C=O) groups excluding carboxylic acids is 1. The van der Waals surface area contributed by atoms with Gasteiger partial charge in [0.05, 0.1) is 0 Å². The quantitative estimate of drug-likeness (QED) is 0.900. The number of anilines is 1. The van der Waals surface area contributed by atoms with Crippen LogP contribution in [0.5, 0.6) is 0 Å². The molecule has 1 aliphatic rings. The number of carbonyl (C=O) groups is 1. The predicted molar refractivity (Wildman–Crippen MR) is 78.6 cm³/mol. The number of amides is 1. The van der Waals surface area contributed by atoms with E-state index in [9.17, 15) is 13.2 Å². The number of sulfonamides is 1. The van der Waals surface area contributed by atoms with Gasteiger partial charge in [-0.3, -0.25) is 9.52 Å². The van der Waals surface area contributed by atoms with Crippen LogP contribution in [0.25, 0.3) is 0 Å². The van der Waals surface area contributed by atoms with Crippen molar-refractivity contribution in [2.24, 2.45) is 0 Å². The van der Waals surface area contributed by atoms with Crippen LogP contribution < -0.4 is 10.0 Å². The maximum atomic E-state index is 12.4. The SMILES string of the molecule is O=C1NCCCn2cc(S(=O)(=O)Nc3ccccc3)cc21. The Morgan fingerprint density at radius 3 is 2.71 bits per heavy atom. The van der Waals surface area contributed by atoms with Crippen molar-refractivity contribution in [3.63, 3.8) is 0 Å². The van der Waals surface area contributed by atoms with Gasteiger partial charge in [-0.1, -0.05) is 18.2 Å². The van der Waals surface area contributed by atoms with Gasteiger partial charge in [0.25, 0.3) is 15.9 Å². The van der Waals surface area contributed by atoms with E-state index in [1.165, 1.54) is 12.3 Å². The smallest absolute Gasteiger partial charge is 0.267 e. The Kier molecular flexibility index (Phi) is 3.42. The standard InChI is InChI=1S/C14H15N3O3S/c18-14-13-9-12(10-17(13)8-4-7-15-14)21(19,20)16-11-5-2-1-3-6-11/h1-3,5-6,9-10,16H,4,7-8H2,(H,15,18). The molecule has 110 valence electrons. The van der Waals surface area contributed by atoms with Crippen LogP contribution in [0.1, 0.15) is 16.9 Å². The van der Waals surface area contributed by atoms with E-state index in [4.69, 9.17) is 0 Å². The van der Waals surface area contributed by atoms with Crippen molar-refractivity contribution in [1.29, 1.82) is 0 Å². The number of benzene rings is 1. The van der Waals surface area contributed by atoms with Gasteiger partial charge >= 0.3 is 0 Å². The summed E-state index contributed by atoms with van der Waals surface area (Å²) in [6, 6.07) is 10.1. The molecule has 1 aliphatic heterocycles. The third-order valence-corrected chi connectivity index (χ3v) is 4.65. The highest BCUT2D eigenvalue weighted by molar-refractivity contribution is 7.92. The topological polar surface area (TPSA) is 80.2 Å².